The van der Waals surface area contributed by atoms with Gasteiger partial charge in [0, 0.05) is 12.1 Å². The summed E-state index contributed by atoms with van der Waals surface area (Å²) in [6.07, 6.45) is 6.91. The zero-order valence-corrected chi connectivity index (χ0v) is 12.3. The molecule has 0 spiro atoms. The fourth-order valence-electron chi connectivity index (χ4n) is 2.63. The Morgan fingerprint density at radius 3 is 2.75 bits per heavy atom. The van der Waals surface area contributed by atoms with E-state index in [1.165, 1.54) is 43.6 Å². The van der Waals surface area contributed by atoms with Crippen LogP contribution in [0.15, 0.2) is 0 Å². The van der Waals surface area contributed by atoms with Gasteiger partial charge in [0.25, 0.3) is 0 Å². The fraction of sp³-hybridized carbons (Fsp3) is 1.00. The largest absolute Gasteiger partial charge is 0.311 e. The predicted molar refractivity (Wildman–Crippen MR) is 76.3 cm³/mol. The SMILES string of the molecule is CCSCCC(C)NC1CCCCC1(C)C. The van der Waals surface area contributed by atoms with Gasteiger partial charge in [0.2, 0.25) is 0 Å². The first-order chi connectivity index (χ1) is 7.56. The molecule has 0 bridgehead atoms. The molecule has 0 aromatic heterocycles. The van der Waals surface area contributed by atoms with E-state index in [1.54, 1.807) is 0 Å². The fourth-order valence-corrected chi connectivity index (χ4v) is 3.44. The van der Waals surface area contributed by atoms with Gasteiger partial charge in [0.05, 0.1) is 0 Å². The molecule has 1 rings (SSSR count). The van der Waals surface area contributed by atoms with Crippen molar-refractivity contribution in [1.29, 1.82) is 0 Å². The number of hydrogen-bond acceptors (Lipinski definition) is 2. The molecule has 16 heavy (non-hydrogen) atoms. The first kappa shape index (κ1) is 14.4. The molecule has 0 aromatic carbocycles. The highest BCUT2D eigenvalue weighted by molar-refractivity contribution is 7.99. The van der Waals surface area contributed by atoms with E-state index in [4.69, 9.17) is 0 Å². The molecule has 1 aliphatic carbocycles. The molecule has 2 atom stereocenters. The van der Waals surface area contributed by atoms with Crippen molar-refractivity contribution in [3.8, 4) is 0 Å². The molecule has 1 saturated carbocycles. The van der Waals surface area contributed by atoms with Crippen LogP contribution in [0.5, 0.6) is 0 Å². The minimum atomic E-state index is 0.504. The monoisotopic (exact) mass is 243 g/mol. The van der Waals surface area contributed by atoms with Crippen LogP contribution in [0.3, 0.4) is 0 Å². The molecule has 0 aliphatic heterocycles. The Bertz CT molecular complexity index is 191. The number of nitrogens with one attached hydrogen (secondary N) is 1. The Balaban J connectivity index is 2.28. The highest BCUT2D eigenvalue weighted by atomic mass is 32.2. The van der Waals surface area contributed by atoms with Crippen LogP contribution in [0.4, 0.5) is 0 Å². The lowest BCUT2D eigenvalue weighted by molar-refractivity contribution is 0.157. The maximum absolute atomic E-state index is 3.85. The summed E-state index contributed by atoms with van der Waals surface area (Å²) in [6, 6.07) is 1.42. The van der Waals surface area contributed by atoms with E-state index >= 15 is 0 Å². The van der Waals surface area contributed by atoms with Gasteiger partial charge in [0.1, 0.15) is 0 Å². The van der Waals surface area contributed by atoms with Gasteiger partial charge in [-0.15, -0.1) is 0 Å². The van der Waals surface area contributed by atoms with Gasteiger partial charge in [-0.2, -0.15) is 11.8 Å². The average Bonchev–Trinajstić information content (AvgIpc) is 2.21. The van der Waals surface area contributed by atoms with Crippen molar-refractivity contribution < 1.29 is 0 Å². The summed E-state index contributed by atoms with van der Waals surface area (Å²) in [5.74, 6) is 2.56. The Kier molecular flexibility index (Phi) is 6.20. The van der Waals surface area contributed by atoms with Crippen LogP contribution in [0.25, 0.3) is 0 Å². The Morgan fingerprint density at radius 2 is 2.12 bits per heavy atom. The molecule has 0 radical (unpaired) electrons. The van der Waals surface area contributed by atoms with E-state index in [1.807, 2.05) is 0 Å². The molecule has 0 heterocycles. The number of thioether (sulfide) groups is 1. The first-order valence-corrected chi connectivity index (χ1v) is 8.05. The van der Waals surface area contributed by atoms with Gasteiger partial charge >= 0.3 is 0 Å². The zero-order chi connectivity index (χ0) is 12.0. The molecular weight excluding hydrogens is 214 g/mol. The third-order valence-electron chi connectivity index (χ3n) is 3.89. The summed E-state index contributed by atoms with van der Waals surface area (Å²) in [5, 5.41) is 3.85. The normalized spacial score (nSPS) is 26.6. The molecule has 1 aliphatic rings. The predicted octanol–water partition coefficient (Wildman–Crippen LogP) is 4.08. The van der Waals surface area contributed by atoms with Crippen molar-refractivity contribution in [3.05, 3.63) is 0 Å². The summed E-state index contributed by atoms with van der Waals surface area (Å²) < 4.78 is 0. The van der Waals surface area contributed by atoms with E-state index in [0.29, 0.717) is 11.5 Å². The van der Waals surface area contributed by atoms with Gasteiger partial charge in [-0.05, 0) is 43.1 Å². The van der Waals surface area contributed by atoms with Crippen LogP contribution >= 0.6 is 11.8 Å². The van der Waals surface area contributed by atoms with Gasteiger partial charge in [-0.1, -0.05) is 33.6 Å². The van der Waals surface area contributed by atoms with Crippen molar-refractivity contribution >= 4 is 11.8 Å². The molecule has 96 valence electrons. The first-order valence-electron chi connectivity index (χ1n) is 6.90. The highest BCUT2D eigenvalue weighted by Crippen LogP contribution is 2.35. The van der Waals surface area contributed by atoms with Crippen LogP contribution in [0.1, 0.15) is 59.8 Å². The molecule has 1 nitrogen and oxygen atoms in total. The lowest BCUT2D eigenvalue weighted by Crippen LogP contribution is -2.47. The maximum atomic E-state index is 3.85. The van der Waals surface area contributed by atoms with Crippen molar-refractivity contribution in [1.82, 2.24) is 5.32 Å². The molecule has 0 amide bonds. The Morgan fingerprint density at radius 1 is 1.38 bits per heavy atom. The second-order valence-corrected chi connectivity index (χ2v) is 7.23. The minimum absolute atomic E-state index is 0.504. The van der Waals surface area contributed by atoms with Gasteiger partial charge in [-0.3, -0.25) is 0 Å². The summed E-state index contributed by atoms with van der Waals surface area (Å²) >= 11 is 2.06. The van der Waals surface area contributed by atoms with Crippen molar-refractivity contribution in [2.45, 2.75) is 71.9 Å². The second kappa shape index (κ2) is 6.90. The van der Waals surface area contributed by atoms with Crippen LogP contribution in [0, 0.1) is 5.41 Å². The highest BCUT2D eigenvalue weighted by Gasteiger charge is 2.32. The van der Waals surface area contributed by atoms with Crippen LogP contribution in [0.2, 0.25) is 0 Å². The zero-order valence-electron chi connectivity index (χ0n) is 11.5. The van der Waals surface area contributed by atoms with Crippen molar-refractivity contribution in [3.63, 3.8) is 0 Å². The summed E-state index contributed by atoms with van der Waals surface area (Å²) in [7, 11) is 0. The third-order valence-corrected chi connectivity index (χ3v) is 4.82. The standard InChI is InChI=1S/C14H29NS/c1-5-16-11-9-12(2)15-13-8-6-7-10-14(13,3)4/h12-13,15H,5-11H2,1-4H3. The Labute approximate surface area is 106 Å². The summed E-state index contributed by atoms with van der Waals surface area (Å²) in [5.41, 5.74) is 0.504. The van der Waals surface area contributed by atoms with E-state index in [9.17, 15) is 0 Å². The number of hydrogen-bond donors (Lipinski definition) is 1. The molecule has 1 fully saturated rings. The topological polar surface area (TPSA) is 12.0 Å². The molecule has 2 unspecified atom stereocenters. The van der Waals surface area contributed by atoms with E-state index < -0.39 is 0 Å². The summed E-state index contributed by atoms with van der Waals surface area (Å²) in [6.45, 7) is 9.45. The molecule has 0 saturated heterocycles. The smallest absolute Gasteiger partial charge is 0.0121 e. The van der Waals surface area contributed by atoms with E-state index in [2.05, 4.69) is 44.8 Å². The van der Waals surface area contributed by atoms with Crippen molar-refractivity contribution in [2.75, 3.05) is 11.5 Å². The second-order valence-electron chi connectivity index (χ2n) is 5.84. The molecule has 1 N–H and O–H groups in total. The van der Waals surface area contributed by atoms with Crippen LogP contribution < -0.4 is 5.32 Å². The van der Waals surface area contributed by atoms with Gasteiger partial charge in [0.15, 0.2) is 0 Å². The lowest BCUT2D eigenvalue weighted by atomic mass is 9.73. The third kappa shape index (κ3) is 4.67. The van der Waals surface area contributed by atoms with Crippen LogP contribution in [-0.4, -0.2) is 23.6 Å². The maximum Gasteiger partial charge on any atom is 0.0121 e. The molecule has 2 heteroatoms. The van der Waals surface area contributed by atoms with Crippen LogP contribution in [-0.2, 0) is 0 Å². The Hall–Kier alpha value is 0.310. The van der Waals surface area contributed by atoms with E-state index in [-0.39, 0.29) is 0 Å². The molecule has 0 aromatic rings. The van der Waals surface area contributed by atoms with Crippen molar-refractivity contribution in [2.24, 2.45) is 5.41 Å². The van der Waals surface area contributed by atoms with E-state index in [0.717, 1.165) is 6.04 Å². The number of rotatable bonds is 6. The quantitative estimate of drug-likeness (QED) is 0.706. The summed E-state index contributed by atoms with van der Waals surface area (Å²) in [4.78, 5) is 0. The molecular formula is C14H29NS. The average molecular weight is 243 g/mol. The minimum Gasteiger partial charge on any atom is -0.311 e. The van der Waals surface area contributed by atoms with Gasteiger partial charge in [-0.25, -0.2) is 0 Å². The lowest BCUT2D eigenvalue weighted by Gasteiger charge is -2.40. The van der Waals surface area contributed by atoms with Gasteiger partial charge < -0.3 is 5.32 Å².